The minimum absolute atomic E-state index is 0.0697. The molecule has 1 atom stereocenters. The first-order valence-corrected chi connectivity index (χ1v) is 9.70. The van der Waals surface area contributed by atoms with E-state index in [2.05, 4.69) is 15.3 Å². The van der Waals surface area contributed by atoms with E-state index in [0.29, 0.717) is 12.3 Å². The van der Waals surface area contributed by atoms with Gasteiger partial charge in [-0.3, -0.25) is 14.1 Å². The van der Waals surface area contributed by atoms with Crippen molar-refractivity contribution in [2.75, 3.05) is 20.3 Å². The van der Waals surface area contributed by atoms with Crippen LogP contribution in [0.25, 0.3) is 5.69 Å². The molecule has 0 amide bonds. The molecular formula is C19H16N5O5S-. The van der Waals surface area contributed by atoms with E-state index in [1.54, 1.807) is 30.3 Å². The van der Waals surface area contributed by atoms with Crippen molar-refractivity contribution < 1.29 is 18.2 Å². The largest absolute Gasteiger partial charge is 0.768 e. The van der Waals surface area contributed by atoms with Crippen LogP contribution in [0.1, 0.15) is 5.69 Å². The molecule has 10 nitrogen and oxygen atoms in total. The fourth-order valence-electron chi connectivity index (χ4n) is 2.51. The van der Waals surface area contributed by atoms with Gasteiger partial charge >= 0.3 is 0 Å². The van der Waals surface area contributed by atoms with Gasteiger partial charge in [-0.05, 0) is 41.4 Å². The molecule has 0 bridgehead atoms. The van der Waals surface area contributed by atoms with E-state index in [-0.39, 0.29) is 34.3 Å². The summed E-state index contributed by atoms with van der Waals surface area (Å²) in [5.74, 6) is 0.144. The number of aromatic amines is 1. The summed E-state index contributed by atoms with van der Waals surface area (Å²) in [5.41, 5.74) is -0.119. The van der Waals surface area contributed by atoms with E-state index in [1.165, 1.54) is 30.0 Å². The van der Waals surface area contributed by atoms with Crippen molar-refractivity contribution in [1.82, 2.24) is 9.78 Å². The van der Waals surface area contributed by atoms with Gasteiger partial charge < -0.3 is 14.0 Å². The Morgan fingerprint density at radius 3 is 2.63 bits per heavy atom. The van der Waals surface area contributed by atoms with Crippen LogP contribution in [0.15, 0.2) is 68.4 Å². The summed E-state index contributed by atoms with van der Waals surface area (Å²) < 4.78 is 34.4. The molecule has 0 aliphatic rings. The number of ether oxygens (including phenoxy) is 2. The maximum Gasteiger partial charge on any atom is 0.300 e. The third-order valence-corrected chi connectivity index (χ3v) is 4.59. The monoisotopic (exact) mass is 426 g/mol. The zero-order valence-corrected chi connectivity index (χ0v) is 16.6. The van der Waals surface area contributed by atoms with Gasteiger partial charge in [0.2, 0.25) is 0 Å². The van der Waals surface area contributed by atoms with E-state index in [0.717, 1.165) is 0 Å². The molecule has 1 N–H and O–H groups in total. The van der Waals surface area contributed by atoms with Gasteiger partial charge in [-0.2, -0.15) is 10.4 Å². The predicted molar refractivity (Wildman–Crippen MR) is 106 cm³/mol. The molecule has 0 spiro atoms. The molecule has 0 aliphatic carbocycles. The molecule has 154 valence electrons. The summed E-state index contributed by atoms with van der Waals surface area (Å²) in [7, 11) is 1.50. The van der Waals surface area contributed by atoms with E-state index >= 15 is 0 Å². The SMILES string of the molecule is COCCOc1ccc(N=Nc2c(C#N)[nH]n(-c3ccccc3)c2=O)cc1S(=O)[O-]. The highest BCUT2D eigenvalue weighted by atomic mass is 32.2. The maximum absolute atomic E-state index is 12.6. The molecule has 1 unspecified atom stereocenters. The fourth-order valence-corrected chi connectivity index (χ4v) is 3.02. The summed E-state index contributed by atoms with van der Waals surface area (Å²) in [6, 6.07) is 14.7. The normalized spacial score (nSPS) is 12.0. The minimum Gasteiger partial charge on any atom is -0.768 e. The zero-order chi connectivity index (χ0) is 21.5. The van der Waals surface area contributed by atoms with Crippen LogP contribution in [-0.4, -0.2) is 38.9 Å². The quantitative estimate of drug-likeness (QED) is 0.333. The van der Waals surface area contributed by atoms with Crippen molar-refractivity contribution in [1.29, 1.82) is 5.26 Å². The molecule has 2 aromatic carbocycles. The number of nitriles is 1. The topological polar surface area (TPSA) is 145 Å². The minimum atomic E-state index is -2.58. The zero-order valence-electron chi connectivity index (χ0n) is 15.8. The van der Waals surface area contributed by atoms with Gasteiger partial charge in [-0.25, -0.2) is 4.68 Å². The summed E-state index contributed by atoms with van der Waals surface area (Å²) >= 11 is -2.58. The van der Waals surface area contributed by atoms with Gasteiger partial charge in [0.05, 0.1) is 22.9 Å². The fraction of sp³-hybridized carbons (Fsp3) is 0.158. The Morgan fingerprint density at radius 1 is 1.20 bits per heavy atom. The van der Waals surface area contributed by atoms with E-state index in [1.807, 2.05) is 6.07 Å². The first-order valence-electron chi connectivity index (χ1n) is 8.62. The number of aromatic nitrogens is 2. The van der Waals surface area contributed by atoms with Gasteiger partial charge in [0, 0.05) is 7.11 Å². The Labute approximate surface area is 173 Å². The number of benzene rings is 2. The van der Waals surface area contributed by atoms with Gasteiger partial charge in [0.1, 0.15) is 18.4 Å². The Morgan fingerprint density at radius 2 is 1.97 bits per heavy atom. The lowest BCUT2D eigenvalue weighted by Crippen LogP contribution is -2.13. The number of nitrogens with one attached hydrogen (secondary N) is 1. The molecule has 30 heavy (non-hydrogen) atoms. The summed E-state index contributed by atoms with van der Waals surface area (Å²) in [4.78, 5) is 12.5. The Balaban J connectivity index is 1.93. The average molecular weight is 426 g/mol. The van der Waals surface area contributed by atoms with Crippen molar-refractivity contribution in [2.45, 2.75) is 4.90 Å². The van der Waals surface area contributed by atoms with E-state index in [4.69, 9.17) is 9.47 Å². The Kier molecular flexibility index (Phi) is 6.87. The molecular weight excluding hydrogens is 410 g/mol. The molecule has 0 fully saturated rings. The third kappa shape index (κ3) is 4.69. The number of hydrogen-bond donors (Lipinski definition) is 1. The van der Waals surface area contributed by atoms with Crippen LogP contribution in [0.4, 0.5) is 11.4 Å². The van der Waals surface area contributed by atoms with Gasteiger partial charge in [0.25, 0.3) is 5.56 Å². The van der Waals surface area contributed by atoms with Gasteiger partial charge in [-0.1, -0.05) is 18.2 Å². The Bertz CT molecular complexity index is 1180. The summed E-state index contributed by atoms with van der Waals surface area (Å²) in [6.07, 6.45) is 0. The third-order valence-electron chi connectivity index (χ3n) is 3.91. The number of H-pyrrole nitrogens is 1. The van der Waals surface area contributed by atoms with E-state index < -0.39 is 16.6 Å². The lowest BCUT2D eigenvalue weighted by atomic mass is 10.3. The van der Waals surface area contributed by atoms with E-state index in [9.17, 15) is 18.8 Å². The smallest absolute Gasteiger partial charge is 0.300 e. The molecule has 1 aromatic heterocycles. The van der Waals surface area contributed by atoms with Crippen LogP contribution in [0, 0.1) is 11.3 Å². The number of rotatable bonds is 8. The standard InChI is InChI=1S/C19H17N5O5S/c1-28-9-10-29-16-8-7-13(11-17(16)30(26)27)21-22-18-15(12-20)23-24(19(18)25)14-5-3-2-4-6-14/h2-8,11,23H,9-10H2,1H3,(H,26,27)/p-1. The van der Waals surface area contributed by atoms with Crippen LogP contribution < -0.4 is 10.3 Å². The van der Waals surface area contributed by atoms with Crippen LogP contribution in [0.3, 0.4) is 0 Å². The first-order chi connectivity index (χ1) is 14.5. The lowest BCUT2D eigenvalue weighted by molar-refractivity contribution is 0.144. The molecule has 1 heterocycles. The number of hydrogen-bond acceptors (Lipinski definition) is 8. The van der Waals surface area contributed by atoms with Crippen molar-refractivity contribution in [3.63, 3.8) is 0 Å². The van der Waals surface area contributed by atoms with Gasteiger partial charge in [-0.15, -0.1) is 5.11 Å². The molecule has 3 aromatic rings. The second kappa shape index (κ2) is 9.75. The average Bonchev–Trinajstić information content (AvgIpc) is 3.09. The highest BCUT2D eigenvalue weighted by molar-refractivity contribution is 7.79. The molecule has 11 heteroatoms. The summed E-state index contributed by atoms with van der Waals surface area (Å²) in [5, 5.41) is 19.8. The van der Waals surface area contributed by atoms with Crippen molar-refractivity contribution >= 4 is 22.5 Å². The first kappa shape index (κ1) is 21.1. The predicted octanol–water partition coefficient (Wildman–Crippen LogP) is 2.72. The number of azo groups is 1. The highest BCUT2D eigenvalue weighted by Gasteiger charge is 2.15. The van der Waals surface area contributed by atoms with Crippen molar-refractivity contribution in [3.8, 4) is 17.5 Å². The van der Waals surface area contributed by atoms with Gasteiger partial charge in [0.15, 0.2) is 11.4 Å². The molecule has 0 saturated heterocycles. The van der Waals surface area contributed by atoms with Crippen LogP contribution in [-0.2, 0) is 15.8 Å². The molecule has 0 saturated carbocycles. The summed E-state index contributed by atoms with van der Waals surface area (Å²) in [6.45, 7) is 0.472. The second-order valence-corrected chi connectivity index (χ2v) is 6.74. The highest BCUT2D eigenvalue weighted by Crippen LogP contribution is 2.28. The molecule has 3 rings (SSSR count). The number of nitrogens with zero attached hydrogens (tertiary/aromatic N) is 4. The second-order valence-electron chi connectivity index (χ2n) is 5.83. The number of para-hydroxylation sites is 1. The number of methoxy groups -OCH3 is 1. The van der Waals surface area contributed by atoms with Crippen LogP contribution in [0.2, 0.25) is 0 Å². The van der Waals surface area contributed by atoms with Crippen molar-refractivity contribution in [2.24, 2.45) is 10.2 Å². The van der Waals surface area contributed by atoms with Crippen LogP contribution in [0.5, 0.6) is 5.75 Å². The molecule has 0 radical (unpaired) electrons. The molecule has 0 aliphatic heterocycles. The van der Waals surface area contributed by atoms with Crippen molar-refractivity contribution in [3.05, 3.63) is 64.6 Å². The lowest BCUT2D eigenvalue weighted by Gasteiger charge is -2.13. The maximum atomic E-state index is 12.6. The Hall–Kier alpha value is -3.59. The van der Waals surface area contributed by atoms with Crippen LogP contribution >= 0.6 is 0 Å².